The number of hydrogen-bond donors (Lipinski definition) is 0. The monoisotopic (exact) mass is 236 g/mol. The van der Waals surface area contributed by atoms with E-state index in [0.29, 0.717) is 34.5 Å². The van der Waals surface area contributed by atoms with E-state index in [4.69, 9.17) is 18.6 Å². The summed E-state index contributed by atoms with van der Waals surface area (Å²) in [6, 6.07) is 3.49. The van der Waals surface area contributed by atoms with Gasteiger partial charge in [-0.15, -0.1) is 0 Å². The number of benzene rings is 1. The molecule has 5 nitrogen and oxygen atoms in total. The maximum Gasteiger partial charge on any atom is 0.209 e. The van der Waals surface area contributed by atoms with Crippen molar-refractivity contribution in [2.75, 3.05) is 21.3 Å². The Labute approximate surface area is 97.9 Å². The average molecular weight is 236 g/mol. The minimum Gasteiger partial charge on any atom is -0.493 e. The van der Waals surface area contributed by atoms with Gasteiger partial charge in [0.05, 0.1) is 26.7 Å². The number of carbonyl (C=O) groups excluding carboxylic acids is 1. The van der Waals surface area contributed by atoms with Gasteiger partial charge in [0.15, 0.2) is 23.4 Å². The van der Waals surface area contributed by atoms with Crippen molar-refractivity contribution in [3.05, 3.63) is 17.9 Å². The number of ether oxygens (including phenoxy) is 3. The summed E-state index contributed by atoms with van der Waals surface area (Å²) in [6.45, 7) is 0. The van der Waals surface area contributed by atoms with Gasteiger partial charge >= 0.3 is 0 Å². The Hall–Kier alpha value is -2.17. The Bertz CT molecular complexity index is 556. The van der Waals surface area contributed by atoms with Crippen LogP contribution in [0.25, 0.3) is 11.0 Å². The molecule has 0 radical (unpaired) electrons. The third kappa shape index (κ3) is 1.60. The van der Waals surface area contributed by atoms with Crippen molar-refractivity contribution in [2.24, 2.45) is 0 Å². The molecule has 0 saturated heterocycles. The molecule has 1 heterocycles. The summed E-state index contributed by atoms with van der Waals surface area (Å²) in [5.41, 5.74) is 0.436. The van der Waals surface area contributed by atoms with E-state index in [-0.39, 0.29) is 5.76 Å². The van der Waals surface area contributed by atoms with Gasteiger partial charge in [-0.25, -0.2) is 0 Å². The van der Waals surface area contributed by atoms with E-state index in [9.17, 15) is 4.79 Å². The van der Waals surface area contributed by atoms with E-state index in [1.807, 2.05) is 0 Å². The van der Waals surface area contributed by atoms with Crippen LogP contribution in [0, 0.1) is 0 Å². The van der Waals surface area contributed by atoms with Crippen LogP contribution >= 0.6 is 0 Å². The summed E-state index contributed by atoms with van der Waals surface area (Å²) in [6.07, 6.45) is 0.602. The molecule has 0 aliphatic carbocycles. The van der Waals surface area contributed by atoms with Gasteiger partial charge in [-0.3, -0.25) is 4.79 Å². The minimum absolute atomic E-state index is 0.133. The van der Waals surface area contributed by atoms with E-state index in [1.165, 1.54) is 21.3 Å². The fraction of sp³-hybridized carbons (Fsp3) is 0.250. The van der Waals surface area contributed by atoms with Crippen LogP contribution in [0.15, 0.2) is 16.5 Å². The number of methoxy groups -OCH3 is 3. The molecule has 0 N–H and O–H groups in total. The number of hydrogen-bond acceptors (Lipinski definition) is 5. The third-order valence-corrected chi connectivity index (χ3v) is 2.49. The van der Waals surface area contributed by atoms with E-state index in [1.54, 1.807) is 12.1 Å². The number of rotatable bonds is 4. The second kappa shape index (κ2) is 4.37. The Morgan fingerprint density at radius 2 is 1.76 bits per heavy atom. The quantitative estimate of drug-likeness (QED) is 0.762. The first-order valence-electron chi connectivity index (χ1n) is 4.93. The number of furan rings is 1. The molecule has 2 aromatic rings. The number of aldehydes is 1. The molecule has 1 aromatic heterocycles. The Kier molecular flexibility index (Phi) is 2.91. The second-order valence-corrected chi connectivity index (χ2v) is 3.30. The van der Waals surface area contributed by atoms with Gasteiger partial charge in [0.2, 0.25) is 11.5 Å². The lowest BCUT2D eigenvalue weighted by atomic mass is 10.2. The van der Waals surface area contributed by atoms with Crippen LogP contribution in [0.3, 0.4) is 0 Å². The van der Waals surface area contributed by atoms with Crippen LogP contribution in [0.1, 0.15) is 10.6 Å². The summed E-state index contributed by atoms with van der Waals surface area (Å²) in [4.78, 5) is 10.9. The molecule has 5 heteroatoms. The zero-order valence-corrected chi connectivity index (χ0v) is 9.77. The fourth-order valence-electron chi connectivity index (χ4n) is 1.76. The van der Waals surface area contributed by atoms with Crippen molar-refractivity contribution in [2.45, 2.75) is 0 Å². The highest BCUT2D eigenvalue weighted by Gasteiger charge is 2.20. The molecule has 0 spiro atoms. The van der Waals surface area contributed by atoms with Crippen LogP contribution < -0.4 is 14.2 Å². The lowest BCUT2D eigenvalue weighted by Crippen LogP contribution is -1.90. The predicted octanol–water partition coefficient (Wildman–Crippen LogP) is 2.27. The Morgan fingerprint density at radius 1 is 1.06 bits per heavy atom. The van der Waals surface area contributed by atoms with E-state index < -0.39 is 0 Å². The molecule has 0 aliphatic rings. The topological polar surface area (TPSA) is 57.9 Å². The summed E-state index contributed by atoms with van der Waals surface area (Å²) in [7, 11) is 4.52. The molecule has 0 bridgehead atoms. The van der Waals surface area contributed by atoms with Crippen molar-refractivity contribution >= 4 is 17.3 Å². The van der Waals surface area contributed by atoms with Crippen LogP contribution in [-0.2, 0) is 0 Å². The number of fused-ring (bicyclic) bond motifs is 1. The van der Waals surface area contributed by atoms with Crippen molar-refractivity contribution < 1.29 is 23.4 Å². The zero-order valence-electron chi connectivity index (χ0n) is 9.77. The van der Waals surface area contributed by atoms with Crippen molar-refractivity contribution in [3.8, 4) is 17.2 Å². The van der Waals surface area contributed by atoms with Gasteiger partial charge in [-0.1, -0.05) is 0 Å². The summed E-state index contributed by atoms with van der Waals surface area (Å²) < 4.78 is 20.9. The molecule has 0 atom stereocenters. The zero-order chi connectivity index (χ0) is 12.4. The van der Waals surface area contributed by atoms with Gasteiger partial charge in [-0.05, 0) is 12.1 Å². The highest BCUT2D eigenvalue weighted by atomic mass is 16.5. The normalized spacial score (nSPS) is 10.3. The maximum absolute atomic E-state index is 10.9. The third-order valence-electron chi connectivity index (χ3n) is 2.49. The van der Waals surface area contributed by atoms with Crippen LogP contribution in [0.4, 0.5) is 0 Å². The Morgan fingerprint density at radius 3 is 2.29 bits per heavy atom. The van der Waals surface area contributed by atoms with E-state index in [0.717, 1.165) is 0 Å². The first-order chi connectivity index (χ1) is 8.26. The lowest BCUT2D eigenvalue weighted by molar-refractivity contribution is 0.109. The van der Waals surface area contributed by atoms with Gasteiger partial charge in [0, 0.05) is 0 Å². The number of carbonyl (C=O) groups is 1. The average Bonchev–Trinajstić information content (AvgIpc) is 2.74. The first kappa shape index (κ1) is 11.3. The highest BCUT2D eigenvalue weighted by Crippen LogP contribution is 2.42. The summed E-state index contributed by atoms with van der Waals surface area (Å²) in [5.74, 6) is 1.51. The molecule has 90 valence electrons. The van der Waals surface area contributed by atoms with E-state index in [2.05, 4.69) is 0 Å². The molecular formula is C12H12O5. The van der Waals surface area contributed by atoms with Crippen molar-refractivity contribution in [3.63, 3.8) is 0 Å². The molecule has 0 unspecified atom stereocenters. The van der Waals surface area contributed by atoms with Crippen LogP contribution in [0.2, 0.25) is 0 Å². The van der Waals surface area contributed by atoms with Gasteiger partial charge in [-0.2, -0.15) is 0 Å². The molecule has 0 saturated carbocycles. The molecule has 1 aromatic carbocycles. The molecular weight excluding hydrogens is 224 g/mol. The fourth-order valence-corrected chi connectivity index (χ4v) is 1.76. The first-order valence-corrected chi connectivity index (χ1v) is 4.93. The van der Waals surface area contributed by atoms with Gasteiger partial charge in [0.25, 0.3) is 0 Å². The smallest absolute Gasteiger partial charge is 0.209 e. The molecule has 17 heavy (non-hydrogen) atoms. The van der Waals surface area contributed by atoms with Gasteiger partial charge < -0.3 is 18.6 Å². The van der Waals surface area contributed by atoms with E-state index >= 15 is 0 Å². The molecule has 0 fully saturated rings. The SMILES string of the molecule is COc1ccc2c(OC)c(C=O)oc2c1OC. The summed E-state index contributed by atoms with van der Waals surface area (Å²) >= 11 is 0. The predicted molar refractivity (Wildman–Crippen MR) is 61.3 cm³/mol. The molecule has 0 amide bonds. The lowest BCUT2D eigenvalue weighted by Gasteiger charge is -2.06. The second-order valence-electron chi connectivity index (χ2n) is 3.30. The van der Waals surface area contributed by atoms with Crippen LogP contribution in [-0.4, -0.2) is 27.6 Å². The van der Waals surface area contributed by atoms with Gasteiger partial charge in [0.1, 0.15) is 0 Å². The van der Waals surface area contributed by atoms with Crippen molar-refractivity contribution in [1.29, 1.82) is 0 Å². The molecule has 2 rings (SSSR count). The minimum atomic E-state index is 0.133. The Balaban J connectivity index is 2.81. The van der Waals surface area contributed by atoms with Crippen LogP contribution in [0.5, 0.6) is 17.2 Å². The highest BCUT2D eigenvalue weighted by molar-refractivity contribution is 5.97. The summed E-state index contributed by atoms with van der Waals surface area (Å²) in [5, 5.41) is 0.673. The van der Waals surface area contributed by atoms with Crippen molar-refractivity contribution in [1.82, 2.24) is 0 Å². The molecule has 0 aliphatic heterocycles. The standard InChI is InChI=1S/C12H12O5/c1-14-8-5-4-7-10(15-2)9(6-13)17-11(7)12(8)16-3/h4-6H,1-3H3. The largest absolute Gasteiger partial charge is 0.493 e. The maximum atomic E-state index is 10.9.